The van der Waals surface area contributed by atoms with Gasteiger partial charge in [-0.3, -0.25) is 0 Å². The molecule has 158 valence electrons. The Balaban J connectivity index is 1.73. The van der Waals surface area contributed by atoms with Crippen LogP contribution in [0.2, 0.25) is 0 Å². The Morgan fingerprint density at radius 2 is 1.27 bits per heavy atom. The molecule has 0 aliphatic rings. The highest BCUT2D eigenvalue weighted by Gasteiger charge is 2.16. The highest BCUT2D eigenvalue weighted by molar-refractivity contribution is 5.65. The Morgan fingerprint density at radius 1 is 0.633 bits per heavy atom. The molecule has 0 radical (unpaired) electrons. The van der Waals surface area contributed by atoms with Crippen LogP contribution in [0.15, 0.2) is 48.5 Å². The third-order valence-corrected chi connectivity index (χ3v) is 5.06. The molecule has 0 aliphatic carbocycles. The molecule has 0 heterocycles. The summed E-state index contributed by atoms with van der Waals surface area (Å²) in [6.07, 6.45) is 2.11. The molecule has 5 heteroatoms. The molecule has 30 heavy (non-hydrogen) atoms. The topological polar surface area (TPSA) is 9.23 Å². The Hall–Kier alpha value is -2.82. The Kier molecular flexibility index (Phi) is 7.14. The van der Waals surface area contributed by atoms with E-state index in [1.807, 2.05) is 6.92 Å². The molecule has 0 aliphatic heterocycles. The standard InChI is InChI=1S/C25H24F4O/c1-3-5-18-12-13-19(23(27)22(18)26)11-8-16-6-9-17(10-7-16)20-14-15-21(30-4-2)25(29)24(20)28/h6-7,9-10,12-15H,3-5,8,11H2,1-2H3. The molecule has 3 rings (SSSR count). The van der Waals surface area contributed by atoms with E-state index in [4.69, 9.17) is 4.74 Å². The lowest BCUT2D eigenvalue weighted by Gasteiger charge is -2.10. The maximum absolute atomic E-state index is 14.4. The zero-order chi connectivity index (χ0) is 21.7. The number of hydrogen-bond acceptors (Lipinski definition) is 1. The van der Waals surface area contributed by atoms with Crippen molar-refractivity contribution in [1.82, 2.24) is 0 Å². The molecule has 3 aromatic rings. The smallest absolute Gasteiger partial charge is 0.201 e. The Morgan fingerprint density at radius 3 is 1.87 bits per heavy atom. The fraction of sp³-hybridized carbons (Fsp3) is 0.280. The quantitative estimate of drug-likeness (QED) is 0.358. The maximum atomic E-state index is 14.4. The molecule has 0 spiro atoms. The second kappa shape index (κ2) is 9.79. The second-order valence-corrected chi connectivity index (χ2v) is 7.13. The summed E-state index contributed by atoms with van der Waals surface area (Å²) >= 11 is 0. The van der Waals surface area contributed by atoms with E-state index in [0.717, 1.165) is 12.0 Å². The summed E-state index contributed by atoms with van der Waals surface area (Å²) in [6.45, 7) is 3.86. The highest BCUT2D eigenvalue weighted by Crippen LogP contribution is 2.30. The van der Waals surface area contributed by atoms with Gasteiger partial charge in [-0.15, -0.1) is 0 Å². The van der Waals surface area contributed by atoms with Crippen LogP contribution in [-0.2, 0) is 19.3 Å². The molecule has 0 N–H and O–H groups in total. The predicted molar refractivity (Wildman–Crippen MR) is 111 cm³/mol. The summed E-state index contributed by atoms with van der Waals surface area (Å²) in [4.78, 5) is 0. The second-order valence-electron chi connectivity index (χ2n) is 7.13. The molecule has 0 amide bonds. The number of benzene rings is 3. The van der Waals surface area contributed by atoms with Crippen LogP contribution in [0.4, 0.5) is 17.6 Å². The number of halogens is 4. The largest absolute Gasteiger partial charge is 0.491 e. The number of ether oxygens (including phenoxy) is 1. The van der Waals surface area contributed by atoms with Gasteiger partial charge in [-0.25, -0.2) is 13.2 Å². The lowest BCUT2D eigenvalue weighted by atomic mass is 9.98. The van der Waals surface area contributed by atoms with Gasteiger partial charge in [0.25, 0.3) is 0 Å². The van der Waals surface area contributed by atoms with Gasteiger partial charge in [0.15, 0.2) is 23.2 Å². The van der Waals surface area contributed by atoms with Gasteiger partial charge in [0.1, 0.15) is 0 Å². The fourth-order valence-electron chi connectivity index (χ4n) is 3.44. The van der Waals surface area contributed by atoms with Crippen LogP contribution in [0.5, 0.6) is 5.75 Å². The van der Waals surface area contributed by atoms with Crippen molar-refractivity contribution in [2.24, 2.45) is 0 Å². The van der Waals surface area contributed by atoms with Gasteiger partial charge in [0.05, 0.1) is 6.61 Å². The minimum Gasteiger partial charge on any atom is -0.491 e. The first-order valence-corrected chi connectivity index (χ1v) is 10.1. The molecule has 0 saturated carbocycles. The van der Waals surface area contributed by atoms with Gasteiger partial charge in [0.2, 0.25) is 5.82 Å². The van der Waals surface area contributed by atoms with Crippen LogP contribution in [0.25, 0.3) is 11.1 Å². The molecule has 0 saturated heterocycles. The van der Waals surface area contributed by atoms with Crippen molar-refractivity contribution < 1.29 is 22.3 Å². The number of rotatable bonds is 8. The number of aryl methyl sites for hydroxylation is 3. The van der Waals surface area contributed by atoms with Crippen LogP contribution in [0, 0.1) is 23.3 Å². The van der Waals surface area contributed by atoms with Crippen LogP contribution in [0.1, 0.15) is 37.0 Å². The molecular formula is C25H24F4O. The van der Waals surface area contributed by atoms with Crippen molar-refractivity contribution in [3.8, 4) is 16.9 Å². The minimum absolute atomic E-state index is 0.116. The molecule has 0 fully saturated rings. The van der Waals surface area contributed by atoms with Crippen molar-refractivity contribution in [3.05, 3.63) is 88.5 Å². The van der Waals surface area contributed by atoms with E-state index in [9.17, 15) is 17.6 Å². The zero-order valence-corrected chi connectivity index (χ0v) is 17.1. The Labute approximate surface area is 174 Å². The van der Waals surface area contributed by atoms with Crippen LogP contribution in [0.3, 0.4) is 0 Å². The normalized spacial score (nSPS) is 11.0. The monoisotopic (exact) mass is 416 g/mol. The molecular weight excluding hydrogens is 392 g/mol. The highest BCUT2D eigenvalue weighted by atomic mass is 19.2. The summed E-state index contributed by atoms with van der Waals surface area (Å²) in [5.74, 6) is -3.64. The SMILES string of the molecule is CCCc1ccc(CCc2ccc(-c3ccc(OCC)c(F)c3F)cc2)c(F)c1F. The molecule has 1 nitrogen and oxygen atoms in total. The van der Waals surface area contributed by atoms with Gasteiger partial charge in [-0.2, -0.15) is 4.39 Å². The molecule has 0 bridgehead atoms. The maximum Gasteiger partial charge on any atom is 0.201 e. The Bertz CT molecular complexity index is 1010. The first kappa shape index (κ1) is 21.9. The van der Waals surface area contributed by atoms with E-state index in [1.165, 1.54) is 12.1 Å². The average molecular weight is 416 g/mol. The van der Waals surface area contributed by atoms with Gasteiger partial charge in [-0.05, 0) is 60.6 Å². The van der Waals surface area contributed by atoms with Gasteiger partial charge < -0.3 is 4.74 Å². The van der Waals surface area contributed by atoms with Gasteiger partial charge in [-0.1, -0.05) is 49.7 Å². The molecule has 0 aromatic heterocycles. The molecule has 0 unspecified atom stereocenters. The molecule has 0 atom stereocenters. The van der Waals surface area contributed by atoms with E-state index < -0.39 is 23.3 Å². The summed E-state index contributed by atoms with van der Waals surface area (Å²) in [5.41, 5.74) is 2.29. The van der Waals surface area contributed by atoms with Crippen molar-refractivity contribution >= 4 is 0 Å². The average Bonchev–Trinajstić information content (AvgIpc) is 2.75. The van der Waals surface area contributed by atoms with E-state index in [2.05, 4.69) is 0 Å². The first-order chi connectivity index (χ1) is 14.5. The minimum atomic E-state index is -1.01. The predicted octanol–water partition coefficient (Wildman–Crippen LogP) is 7.05. The van der Waals surface area contributed by atoms with E-state index >= 15 is 0 Å². The van der Waals surface area contributed by atoms with Crippen molar-refractivity contribution in [2.75, 3.05) is 6.61 Å². The van der Waals surface area contributed by atoms with Crippen LogP contribution < -0.4 is 4.74 Å². The zero-order valence-electron chi connectivity index (χ0n) is 17.1. The van der Waals surface area contributed by atoms with E-state index in [1.54, 1.807) is 43.3 Å². The summed E-state index contributed by atoms with van der Waals surface area (Å²) < 4.78 is 61.9. The third-order valence-electron chi connectivity index (χ3n) is 5.06. The lowest BCUT2D eigenvalue weighted by Crippen LogP contribution is -2.01. The fourth-order valence-corrected chi connectivity index (χ4v) is 3.44. The summed E-state index contributed by atoms with van der Waals surface area (Å²) in [7, 11) is 0. The first-order valence-electron chi connectivity index (χ1n) is 10.1. The summed E-state index contributed by atoms with van der Waals surface area (Å²) in [5, 5.41) is 0. The van der Waals surface area contributed by atoms with Gasteiger partial charge >= 0.3 is 0 Å². The van der Waals surface area contributed by atoms with E-state index in [0.29, 0.717) is 36.0 Å². The summed E-state index contributed by atoms with van der Waals surface area (Å²) in [6, 6.07) is 13.1. The van der Waals surface area contributed by atoms with Crippen molar-refractivity contribution in [2.45, 2.75) is 39.5 Å². The van der Waals surface area contributed by atoms with Crippen LogP contribution in [-0.4, -0.2) is 6.61 Å². The van der Waals surface area contributed by atoms with Crippen molar-refractivity contribution in [1.29, 1.82) is 0 Å². The lowest BCUT2D eigenvalue weighted by molar-refractivity contribution is 0.314. The van der Waals surface area contributed by atoms with E-state index in [-0.39, 0.29) is 17.9 Å². The number of hydrogen-bond donors (Lipinski definition) is 0. The van der Waals surface area contributed by atoms with Crippen LogP contribution >= 0.6 is 0 Å². The molecule has 3 aromatic carbocycles. The van der Waals surface area contributed by atoms with Crippen molar-refractivity contribution in [3.63, 3.8) is 0 Å². The third kappa shape index (κ3) is 4.66. The van der Waals surface area contributed by atoms with Gasteiger partial charge in [0, 0.05) is 5.56 Å².